The third kappa shape index (κ3) is 6.45. The van der Waals surface area contributed by atoms with Crippen molar-refractivity contribution in [3.05, 3.63) is 57.8 Å². The van der Waals surface area contributed by atoms with Crippen LogP contribution in [-0.2, 0) is 29.5 Å². The summed E-state index contributed by atoms with van der Waals surface area (Å²) in [5.74, 6) is 1.95. The topological polar surface area (TPSA) is 53.5 Å². The molecule has 0 radical (unpaired) electrons. The molecule has 0 spiro atoms. The van der Waals surface area contributed by atoms with Crippen molar-refractivity contribution in [2.75, 3.05) is 19.3 Å². The number of hydrogen-bond donors (Lipinski definition) is 2. The van der Waals surface area contributed by atoms with Gasteiger partial charge in [0.2, 0.25) is 0 Å². The van der Waals surface area contributed by atoms with Gasteiger partial charge in [-0.1, -0.05) is 37.3 Å². The Kier molecular flexibility index (Phi) is 7.98. The van der Waals surface area contributed by atoms with E-state index in [4.69, 9.17) is 0 Å². The molecule has 0 saturated carbocycles. The van der Waals surface area contributed by atoms with Crippen molar-refractivity contribution >= 4 is 28.1 Å². The molecule has 1 heterocycles. The van der Waals surface area contributed by atoms with Gasteiger partial charge in [0.25, 0.3) is 0 Å². The summed E-state index contributed by atoms with van der Waals surface area (Å²) in [6.45, 7) is 3.57. The van der Waals surface area contributed by atoms with Gasteiger partial charge < -0.3 is 10.6 Å². The lowest BCUT2D eigenvalue weighted by atomic mass is 10.2. The summed E-state index contributed by atoms with van der Waals surface area (Å²) in [5, 5.41) is 6.52. The molecule has 2 aromatic rings. The van der Waals surface area contributed by atoms with E-state index in [9.17, 15) is 4.21 Å². The molecule has 24 heavy (non-hydrogen) atoms. The Bertz CT molecular complexity index is 668. The van der Waals surface area contributed by atoms with Gasteiger partial charge in [-0.2, -0.15) is 0 Å². The van der Waals surface area contributed by atoms with E-state index in [1.165, 1.54) is 9.75 Å². The number of guanidine groups is 1. The maximum atomic E-state index is 12.1. The van der Waals surface area contributed by atoms with E-state index in [1.54, 1.807) is 7.05 Å². The lowest BCUT2D eigenvalue weighted by molar-refractivity contribution is 0.680. The Morgan fingerprint density at radius 3 is 2.54 bits per heavy atom. The first-order valence-corrected chi connectivity index (χ1v) is 10.4. The van der Waals surface area contributed by atoms with Crippen molar-refractivity contribution in [1.29, 1.82) is 0 Å². The average molecular weight is 364 g/mol. The van der Waals surface area contributed by atoms with E-state index >= 15 is 0 Å². The molecule has 6 heteroatoms. The van der Waals surface area contributed by atoms with E-state index in [1.807, 2.05) is 41.7 Å². The molecule has 1 atom stereocenters. The van der Waals surface area contributed by atoms with Crippen LogP contribution < -0.4 is 10.6 Å². The summed E-state index contributed by atoms with van der Waals surface area (Å²) in [6.07, 6.45) is 1.07. The minimum atomic E-state index is -0.870. The quantitative estimate of drug-likeness (QED) is 0.560. The molecule has 2 rings (SSSR count). The molecule has 1 aromatic carbocycles. The third-order valence-electron chi connectivity index (χ3n) is 3.51. The summed E-state index contributed by atoms with van der Waals surface area (Å²) in [5.41, 5.74) is 1.11. The smallest absolute Gasteiger partial charge is 0.191 e. The number of benzene rings is 1. The Hall–Kier alpha value is -1.66. The van der Waals surface area contributed by atoms with Crippen LogP contribution in [0, 0.1) is 0 Å². The highest BCUT2D eigenvalue weighted by atomic mass is 32.2. The maximum Gasteiger partial charge on any atom is 0.191 e. The summed E-state index contributed by atoms with van der Waals surface area (Å²) >= 11 is 1.82. The van der Waals surface area contributed by atoms with Crippen molar-refractivity contribution in [2.45, 2.75) is 25.6 Å². The van der Waals surface area contributed by atoms with Crippen LogP contribution in [0.4, 0.5) is 0 Å². The molecule has 2 N–H and O–H groups in total. The molecular weight excluding hydrogens is 338 g/mol. The largest absolute Gasteiger partial charge is 0.355 e. The summed E-state index contributed by atoms with van der Waals surface area (Å²) < 4.78 is 12.1. The fourth-order valence-corrected chi connectivity index (χ4v) is 4.15. The number of hydrogen-bond acceptors (Lipinski definition) is 3. The minimum absolute atomic E-state index is 0.601. The first-order valence-electron chi connectivity index (χ1n) is 8.12. The van der Waals surface area contributed by atoms with Gasteiger partial charge in [-0.05, 0) is 24.1 Å². The van der Waals surface area contributed by atoms with Crippen molar-refractivity contribution in [3.8, 4) is 0 Å². The van der Waals surface area contributed by atoms with Gasteiger partial charge in [-0.15, -0.1) is 11.3 Å². The molecule has 0 saturated heterocycles. The number of aliphatic imine (C=N–C) groups is 1. The number of rotatable bonds is 8. The number of thiophene rings is 1. The van der Waals surface area contributed by atoms with Crippen molar-refractivity contribution in [2.24, 2.45) is 4.99 Å². The molecule has 0 aliphatic carbocycles. The third-order valence-corrected chi connectivity index (χ3v) is 6.06. The molecule has 1 unspecified atom stereocenters. The minimum Gasteiger partial charge on any atom is -0.355 e. The average Bonchev–Trinajstić information content (AvgIpc) is 3.07. The molecule has 0 fully saturated rings. The van der Waals surface area contributed by atoms with E-state index in [0.717, 1.165) is 24.5 Å². The molecule has 1 aromatic heterocycles. The lowest BCUT2D eigenvalue weighted by Crippen LogP contribution is -2.38. The maximum absolute atomic E-state index is 12.1. The predicted octanol–water partition coefficient (Wildman–Crippen LogP) is 2.92. The highest BCUT2D eigenvalue weighted by Gasteiger charge is 2.04. The Balaban J connectivity index is 1.68. The SMILES string of the molecule is CCc1ccc(CNC(=NC)NCCS(=O)Cc2ccccc2)s1. The summed E-state index contributed by atoms with van der Waals surface area (Å²) in [6, 6.07) is 14.3. The normalized spacial score (nSPS) is 12.8. The van der Waals surface area contributed by atoms with Gasteiger partial charge in [-0.25, -0.2) is 0 Å². The molecule has 0 aliphatic heterocycles. The fraction of sp³-hybridized carbons (Fsp3) is 0.389. The highest BCUT2D eigenvalue weighted by Crippen LogP contribution is 2.16. The Morgan fingerprint density at radius 1 is 1.12 bits per heavy atom. The zero-order chi connectivity index (χ0) is 17.2. The second-order valence-corrected chi connectivity index (χ2v) is 8.18. The van der Waals surface area contributed by atoms with Crippen molar-refractivity contribution < 1.29 is 4.21 Å². The van der Waals surface area contributed by atoms with Gasteiger partial charge >= 0.3 is 0 Å². The van der Waals surface area contributed by atoms with Crippen LogP contribution >= 0.6 is 11.3 Å². The second kappa shape index (κ2) is 10.3. The first-order chi connectivity index (χ1) is 11.7. The first kappa shape index (κ1) is 18.7. The number of nitrogens with zero attached hydrogens (tertiary/aromatic N) is 1. The van der Waals surface area contributed by atoms with Gasteiger partial charge in [0, 0.05) is 45.7 Å². The molecule has 0 bridgehead atoms. The van der Waals surface area contributed by atoms with Crippen molar-refractivity contribution in [1.82, 2.24) is 10.6 Å². The van der Waals surface area contributed by atoms with E-state index in [0.29, 0.717) is 18.1 Å². The van der Waals surface area contributed by atoms with Crippen LogP contribution in [0.1, 0.15) is 22.2 Å². The molecule has 130 valence electrons. The lowest BCUT2D eigenvalue weighted by Gasteiger charge is -2.11. The van der Waals surface area contributed by atoms with Gasteiger partial charge in [0.1, 0.15) is 0 Å². The molecule has 4 nitrogen and oxygen atoms in total. The molecular formula is C18H25N3OS2. The van der Waals surface area contributed by atoms with Crippen molar-refractivity contribution in [3.63, 3.8) is 0 Å². The molecule has 0 amide bonds. The Labute approximate surface area is 150 Å². The fourth-order valence-electron chi connectivity index (χ4n) is 2.21. The van der Waals surface area contributed by atoms with Crippen LogP contribution in [-0.4, -0.2) is 29.5 Å². The number of aryl methyl sites for hydroxylation is 1. The summed E-state index contributed by atoms with van der Waals surface area (Å²) in [4.78, 5) is 6.90. The zero-order valence-corrected chi connectivity index (χ0v) is 15.9. The summed E-state index contributed by atoms with van der Waals surface area (Å²) in [7, 11) is 0.882. The monoisotopic (exact) mass is 363 g/mol. The second-order valence-electron chi connectivity index (χ2n) is 5.35. The van der Waals surface area contributed by atoms with Crippen LogP contribution in [0.25, 0.3) is 0 Å². The van der Waals surface area contributed by atoms with Crippen LogP contribution in [0.5, 0.6) is 0 Å². The molecule has 0 aliphatic rings. The Morgan fingerprint density at radius 2 is 1.88 bits per heavy atom. The predicted molar refractivity (Wildman–Crippen MR) is 105 cm³/mol. The van der Waals surface area contributed by atoms with Crippen LogP contribution in [0.15, 0.2) is 47.5 Å². The van der Waals surface area contributed by atoms with Gasteiger partial charge in [0.05, 0.1) is 6.54 Å². The standard InChI is InChI=1S/C18H25N3OS2/c1-3-16-9-10-17(23-16)13-21-18(19-2)20-11-12-24(22)14-15-7-5-4-6-8-15/h4-10H,3,11-14H2,1-2H3,(H2,19,20,21). The van der Waals surface area contributed by atoms with Gasteiger partial charge in [-0.3, -0.25) is 9.20 Å². The highest BCUT2D eigenvalue weighted by molar-refractivity contribution is 7.84. The van der Waals surface area contributed by atoms with Crippen LogP contribution in [0.3, 0.4) is 0 Å². The number of nitrogens with one attached hydrogen (secondary N) is 2. The zero-order valence-electron chi connectivity index (χ0n) is 14.2. The van der Waals surface area contributed by atoms with Crippen LogP contribution in [0.2, 0.25) is 0 Å². The van der Waals surface area contributed by atoms with E-state index in [-0.39, 0.29) is 0 Å². The van der Waals surface area contributed by atoms with Gasteiger partial charge in [0.15, 0.2) is 5.96 Å². The van der Waals surface area contributed by atoms with E-state index in [2.05, 4.69) is 34.7 Å². The van der Waals surface area contributed by atoms with E-state index < -0.39 is 10.8 Å².